The highest BCUT2D eigenvalue weighted by molar-refractivity contribution is 6.31. The van der Waals surface area contributed by atoms with E-state index in [0.29, 0.717) is 22.6 Å². The Hall–Kier alpha value is -1.67. The first-order chi connectivity index (χ1) is 9.67. The van der Waals surface area contributed by atoms with Crippen LogP contribution in [0.4, 0.5) is 0 Å². The van der Waals surface area contributed by atoms with Gasteiger partial charge in [0.2, 0.25) is 0 Å². The summed E-state index contributed by atoms with van der Waals surface area (Å²) in [6, 6.07) is 8.79. The van der Waals surface area contributed by atoms with E-state index in [-0.39, 0.29) is 16.9 Å². The lowest BCUT2D eigenvalue weighted by atomic mass is 9.86. The van der Waals surface area contributed by atoms with E-state index in [1.165, 1.54) is 0 Å². The SMILES string of the molecule is Cc1ccc(O)c(-c2cc(Cl)cc(CC(C)(C)C)c2O)c1. The van der Waals surface area contributed by atoms with Crippen molar-refractivity contribution in [3.63, 3.8) is 0 Å². The minimum absolute atomic E-state index is 0.0358. The molecular formula is C18H21ClO2. The third-order valence-corrected chi connectivity index (χ3v) is 3.53. The van der Waals surface area contributed by atoms with E-state index in [9.17, 15) is 10.2 Å². The van der Waals surface area contributed by atoms with Gasteiger partial charge in [0.05, 0.1) is 0 Å². The second kappa shape index (κ2) is 5.61. The van der Waals surface area contributed by atoms with Crippen molar-refractivity contribution in [3.8, 4) is 22.6 Å². The summed E-state index contributed by atoms with van der Waals surface area (Å²) in [6.07, 6.45) is 0.707. The van der Waals surface area contributed by atoms with E-state index in [2.05, 4.69) is 20.8 Å². The predicted molar refractivity (Wildman–Crippen MR) is 88.1 cm³/mol. The molecule has 0 aliphatic rings. The van der Waals surface area contributed by atoms with E-state index in [0.717, 1.165) is 11.1 Å². The van der Waals surface area contributed by atoms with Crippen molar-refractivity contribution in [2.75, 3.05) is 0 Å². The maximum Gasteiger partial charge on any atom is 0.126 e. The maximum absolute atomic E-state index is 10.6. The molecule has 112 valence electrons. The largest absolute Gasteiger partial charge is 0.507 e. The van der Waals surface area contributed by atoms with Crippen LogP contribution >= 0.6 is 11.6 Å². The van der Waals surface area contributed by atoms with Crippen LogP contribution in [-0.2, 0) is 6.42 Å². The summed E-state index contributed by atoms with van der Waals surface area (Å²) in [5.74, 6) is 0.329. The van der Waals surface area contributed by atoms with Gasteiger partial charge in [0.25, 0.3) is 0 Å². The molecule has 21 heavy (non-hydrogen) atoms. The molecule has 0 atom stereocenters. The Morgan fingerprint density at radius 1 is 1.00 bits per heavy atom. The molecule has 0 unspecified atom stereocenters. The summed E-state index contributed by atoms with van der Waals surface area (Å²) < 4.78 is 0. The number of aromatic hydroxyl groups is 2. The smallest absolute Gasteiger partial charge is 0.126 e. The highest BCUT2D eigenvalue weighted by Gasteiger charge is 2.19. The zero-order valence-corrected chi connectivity index (χ0v) is 13.6. The molecule has 0 amide bonds. The molecule has 0 spiro atoms. The summed E-state index contributed by atoms with van der Waals surface area (Å²) in [5, 5.41) is 21.2. The molecule has 0 saturated heterocycles. The third kappa shape index (κ3) is 3.70. The van der Waals surface area contributed by atoms with Gasteiger partial charge in [-0.2, -0.15) is 0 Å². The first-order valence-electron chi connectivity index (χ1n) is 6.99. The van der Waals surface area contributed by atoms with Crippen LogP contribution in [0.3, 0.4) is 0 Å². The van der Waals surface area contributed by atoms with Crippen molar-refractivity contribution in [1.29, 1.82) is 0 Å². The van der Waals surface area contributed by atoms with Gasteiger partial charge in [0.1, 0.15) is 11.5 Å². The van der Waals surface area contributed by atoms with Gasteiger partial charge in [-0.05, 0) is 48.6 Å². The fourth-order valence-corrected chi connectivity index (χ4v) is 2.67. The van der Waals surface area contributed by atoms with Crippen LogP contribution in [0.1, 0.15) is 31.9 Å². The van der Waals surface area contributed by atoms with Gasteiger partial charge in [-0.1, -0.05) is 44.0 Å². The lowest BCUT2D eigenvalue weighted by Gasteiger charge is -2.20. The van der Waals surface area contributed by atoms with Crippen molar-refractivity contribution in [3.05, 3.63) is 46.5 Å². The first-order valence-corrected chi connectivity index (χ1v) is 7.36. The van der Waals surface area contributed by atoms with Crippen molar-refractivity contribution < 1.29 is 10.2 Å². The minimum Gasteiger partial charge on any atom is -0.507 e. The lowest BCUT2D eigenvalue weighted by molar-refractivity contribution is 0.395. The number of phenols is 2. The molecule has 2 nitrogen and oxygen atoms in total. The van der Waals surface area contributed by atoms with E-state index in [4.69, 9.17) is 11.6 Å². The fourth-order valence-electron chi connectivity index (χ4n) is 2.43. The second-order valence-corrected chi connectivity index (χ2v) is 7.16. The molecule has 0 radical (unpaired) electrons. The standard InChI is InChI=1S/C18H21ClO2/c1-11-5-6-16(20)14(7-11)15-9-13(19)8-12(17(15)21)10-18(2,3)4/h5-9,20-21H,10H2,1-4H3. The molecule has 0 saturated carbocycles. The summed E-state index contributed by atoms with van der Waals surface area (Å²) in [6.45, 7) is 8.27. The molecule has 0 heterocycles. The number of halogens is 1. The maximum atomic E-state index is 10.6. The Bertz CT molecular complexity index is 670. The molecule has 0 fully saturated rings. The summed E-state index contributed by atoms with van der Waals surface area (Å²) in [5.41, 5.74) is 3.02. The lowest BCUT2D eigenvalue weighted by Crippen LogP contribution is -2.09. The minimum atomic E-state index is 0.0358. The van der Waals surface area contributed by atoms with Gasteiger partial charge in [-0.3, -0.25) is 0 Å². The van der Waals surface area contributed by atoms with Crippen molar-refractivity contribution in [2.45, 2.75) is 34.1 Å². The quantitative estimate of drug-likeness (QED) is 0.788. The highest BCUT2D eigenvalue weighted by atomic mass is 35.5. The average molecular weight is 305 g/mol. The number of rotatable bonds is 2. The third-order valence-electron chi connectivity index (χ3n) is 3.32. The molecule has 3 heteroatoms. The summed E-state index contributed by atoms with van der Waals surface area (Å²) >= 11 is 6.20. The van der Waals surface area contributed by atoms with Crippen molar-refractivity contribution in [1.82, 2.24) is 0 Å². The van der Waals surface area contributed by atoms with Gasteiger partial charge in [0, 0.05) is 16.1 Å². The van der Waals surface area contributed by atoms with Crippen LogP contribution in [0.25, 0.3) is 11.1 Å². The molecule has 0 aromatic heterocycles. The summed E-state index contributed by atoms with van der Waals surface area (Å²) in [7, 11) is 0. The van der Waals surface area contributed by atoms with Gasteiger partial charge in [0.15, 0.2) is 0 Å². The van der Waals surface area contributed by atoms with Crippen LogP contribution in [0.2, 0.25) is 5.02 Å². The molecular weight excluding hydrogens is 284 g/mol. The van der Waals surface area contributed by atoms with Gasteiger partial charge < -0.3 is 10.2 Å². The van der Waals surface area contributed by atoms with E-state index in [1.807, 2.05) is 19.1 Å². The zero-order chi connectivity index (χ0) is 15.8. The normalized spacial score (nSPS) is 11.7. The topological polar surface area (TPSA) is 40.5 Å². The van der Waals surface area contributed by atoms with Crippen molar-refractivity contribution >= 4 is 11.6 Å². The van der Waals surface area contributed by atoms with E-state index in [1.54, 1.807) is 18.2 Å². The highest BCUT2D eigenvalue weighted by Crippen LogP contribution is 2.41. The Kier molecular flexibility index (Phi) is 4.20. The van der Waals surface area contributed by atoms with Crippen LogP contribution in [0.15, 0.2) is 30.3 Å². The van der Waals surface area contributed by atoms with Gasteiger partial charge in [-0.15, -0.1) is 0 Å². The monoisotopic (exact) mass is 304 g/mol. The number of hydrogen-bond donors (Lipinski definition) is 2. The number of hydrogen-bond acceptors (Lipinski definition) is 2. The second-order valence-electron chi connectivity index (χ2n) is 6.72. The first kappa shape index (κ1) is 15.7. The average Bonchev–Trinajstić information content (AvgIpc) is 2.35. The van der Waals surface area contributed by atoms with Crippen molar-refractivity contribution in [2.24, 2.45) is 5.41 Å². The zero-order valence-electron chi connectivity index (χ0n) is 12.9. The Morgan fingerprint density at radius 3 is 2.29 bits per heavy atom. The van der Waals surface area contributed by atoms with E-state index >= 15 is 0 Å². The molecule has 2 aromatic carbocycles. The van der Waals surface area contributed by atoms with Crippen LogP contribution < -0.4 is 0 Å². The van der Waals surface area contributed by atoms with Crippen LogP contribution in [0, 0.1) is 12.3 Å². The molecule has 0 bridgehead atoms. The van der Waals surface area contributed by atoms with Crippen LogP contribution in [0.5, 0.6) is 11.5 Å². The Morgan fingerprint density at radius 2 is 1.67 bits per heavy atom. The number of phenolic OH excluding ortho intramolecular Hbond substituents is 2. The molecule has 0 aliphatic heterocycles. The number of aryl methyl sites for hydroxylation is 1. The predicted octanol–water partition coefficient (Wildman–Crippen LogP) is 5.32. The molecule has 0 aliphatic carbocycles. The number of benzene rings is 2. The fraction of sp³-hybridized carbons (Fsp3) is 0.333. The van der Waals surface area contributed by atoms with Crippen LogP contribution in [-0.4, -0.2) is 10.2 Å². The molecule has 2 rings (SSSR count). The van der Waals surface area contributed by atoms with Gasteiger partial charge >= 0.3 is 0 Å². The van der Waals surface area contributed by atoms with Gasteiger partial charge in [-0.25, -0.2) is 0 Å². The van der Waals surface area contributed by atoms with E-state index < -0.39 is 0 Å². The Balaban J connectivity index is 2.62. The summed E-state index contributed by atoms with van der Waals surface area (Å²) in [4.78, 5) is 0. The molecule has 2 aromatic rings. The molecule has 2 N–H and O–H groups in total. The Labute approximate surface area is 131 Å².